The zero-order chi connectivity index (χ0) is 19.5. The van der Waals surface area contributed by atoms with Gasteiger partial charge in [-0.2, -0.15) is 0 Å². The second kappa shape index (κ2) is 8.80. The average Bonchev–Trinajstić information content (AvgIpc) is 2.54. The maximum absolute atomic E-state index is 12.2. The fourth-order valence-corrected chi connectivity index (χ4v) is 4.28. The van der Waals surface area contributed by atoms with Crippen molar-refractivity contribution in [2.24, 2.45) is 4.40 Å². The molecule has 1 N–H and O–H groups in total. The summed E-state index contributed by atoms with van der Waals surface area (Å²) in [6.45, 7) is 5.53. The van der Waals surface area contributed by atoms with Crippen LogP contribution in [0.25, 0.3) is 0 Å². The fourth-order valence-electron chi connectivity index (χ4n) is 1.86. The minimum absolute atomic E-state index is 0.180. The van der Waals surface area contributed by atoms with E-state index in [4.69, 9.17) is 11.6 Å². The molecule has 0 saturated carbocycles. The van der Waals surface area contributed by atoms with E-state index in [1.165, 1.54) is 24.0 Å². The lowest BCUT2D eigenvalue weighted by molar-refractivity contribution is 0.0693. The molecule has 0 aliphatic carbocycles. The first kappa shape index (κ1) is 21.3. The summed E-state index contributed by atoms with van der Waals surface area (Å²) in [5, 5.41) is 9.88. The summed E-state index contributed by atoms with van der Waals surface area (Å²) in [6.07, 6.45) is 1.52. The van der Waals surface area contributed by atoms with Crippen LogP contribution in [0.15, 0.2) is 55.1 Å². The van der Waals surface area contributed by atoms with Gasteiger partial charge in [0.05, 0.1) is 16.8 Å². The van der Waals surface area contributed by atoms with Crippen LogP contribution in [0.4, 0.5) is 0 Å². The first-order valence-corrected chi connectivity index (χ1v) is 10.6. The summed E-state index contributed by atoms with van der Waals surface area (Å²) in [4.78, 5) is 12.7. The van der Waals surface area contributed by atoms with Gasteiger partial charge in [0, 0.05) is 19.8 Å². The molecule has 0 aromatic heterocycles. The molecule has 2 rings (SSSR count). The Morgan fingerprint density at radius 3 is 2.65 bits per heavy atom. The standard InChI is InChI=1S/C18H17BrClNO3S2/c1-18(2,3)26(24)21-10-11-5-4-6-14(20)16(11)25-15-9-12(19)7-8-13(15)17(22)23/h4-10H,1-3H3,(H,22,23)/b21-10+. The van der Waals surface area contributed by atoms with Crippen molar-refractivity contribution in [2.75, 3.05) is 0 Å². The third kappa shape index (κ3) is 5.50. The Balaban J connectivity index is 2.44. The van der Waals surface area contributed by atoms with Crippen LogP contribution in [0.2, 0.25) is 5.02 Å². The topological polar surface area (TPSA) is 72.7 Å². The molecule has 1 unspecified atom stereocenters. The van der Waals surface area contributed by atoms with Crippen LogP contribution in [0, 0.1) is 0 Å². The molecule has 0 aliphatic heterocycles. The maximum atomic E-state index is 12.2. The van der Waals surface area contributed by atoms with Crippen LogP contribution in [-0.4, -0.2) is 26.6 Å². The molecule has 0 radical (unpaired) electrons. The number of benzene rings is 2. The molecule has 0 saturated heterocycles. The number of aromatic carboxylic acids is 1. The van der Waals surface area contributed by atoms with Gasteiger partial charge < -0.3 is 9.66 Å². The summed E-state index contributed by atoms with van der Waals surface area (Å²) in [5.74, 6) is -1.02. The first-order chi connectivity index (χ1) is 12.1. The van der Waals surface area contributed by atoms with E-state index in [-0.39, 0.29) is 5.56 Å². The molecule has 26 heavy (non-hydrogen) atoms. The van der Waals surface area contributed by atoms with Gasteiger partial charge in [-0.1, -0.05) is 55.8 Å². The second-order valence-electron chi connectivity index (χ2n) is 6.30. The van der Waals surface area contributed by atoms with Gasteiger partial charge in [-0.05, 0) is 45.0 Å². The normalized spacial score (nSPS) is 13.2. The average molecular weight is 475 g/mol. The largest absolute Gasteiger partial charge is 0.591 e. The van der Waals surface area contributed by atoms with Gasteiger partial charge in [-0.25, -0.2) is 4.79 Å². The van der Waals surface area contributed by atoms with Crippen LogP contribution < -0.4 is 0 Å². The summed E-state index contributed by atoms with van der Waals surface area (Å²) in [5.41, 5.74) is 0.857. The molecule has 0 heterocycles. The third-order valence-corrected chi connectivity index (χ3v) is 6.68. The third-order valence-electron chi connectivity index (χ3n) is 3.19. The molecule has 138 valence electrons. The van der Waals surface area contributed by atoms with E-state index in [9.17, 15) is 14.5 Å². The van der Waals surface area contributed by atoms with E-state index in [0.29, 0.717) is 20.4 Å². The molecule has 4 nitrogen and oxygen atoms in total. The van der Waals surface area contributed by atoms with Crippen LogP contribution in [0.3, 0.4) is 0 Å². The number of hydrogen-bond donors (Lipinski definition) is 1. The van der Waals surface area contributed by atoms with Crippen molar-refractivity contribution in [3.63, 3.8) is 0 Å². The van der Waals surface area contributed by atoms with Crippen LogP contribution in [0.5, 0.6) is 0 Å². The molecule has 2 aromatic rings. The van der Waals surface area contributed by atoms with Gasteiger partial charge in [0.1, 0.15) is 16.1 Å². The Hall–Kier alpha value is -0.990. The number of rotatable bonds is 5. The van der Waals surface area contributed by atoms with Crippen molar-refractivity contribution in [1.82, 2.24) is 0 Å². The molecule has 2 aromatic carbocycles. The van der Waals surface area contributed by atoms with Gasteiger partial charge in [-0.3, -0.25) is 0 Å². The number of carbonyl (C=O) groups is 1. The summed E-state index contributed by atoms with van der Waals surface area (Å²) in [7, 11) is 0. The molecule has 8 heteroatoms. The quantitative estimate of drug-likeness (QED) is 0.437. The molecule has 0 spiro atoms. The van der Waals surface area contributed by atoms with Crippen LogP contribution in [0.1, 0.15) is 36.7 Å². The number of nitrogens with zero attached hydrogens (tertiary/aromatic N) is 1. The maximum Gasteiger partial charge on any atom is 0.336 e. The highest BCUT2D eigenvalue weighted by Crippen LogP contribution is 2.38. The van der Waals surface area contributed by atoms with Crippen molar-refractivity contribution in [3.8, 4) is 0 Å². The monoisotopic (exact) mass is 473 g/mol. The van der Waals surface area contributed by atoms with Crippen molar-refractivity contribution in [3.05, 3.63) is 57.0 Å². The van der Waals surface area contributed by atoms with Crippen molar-refractivity contribution >= 4 is 62.8 Å². The Morgan fingerprint density at radius 2 is 2.04 bits per heavy atom. The minimum atomic E-state index is -1.40. The molecule has 0 fully saturated rings. The minimum Gasteiger partial charge on any atom is -0.591 e. The Morgan fingerprint density at radius 1 is 1.35 bits per heavy atom. The molecular weight excluding hydrogens is 458 g/mol. The molecular formula is C18H17BrClNO3S2. The lowest BCUT2D eigenvalue weighted by Crippen LogP contribution is -2.25. The van der Waals surface area contributed by atoms with Crippen LogP contribution >= 0.6 is 39.3 Å². The van der Waals surface area contributed by atoms with E-state index in [1.807, 2.05) is 20.8 Å². The van der Waals surface area contributed by atoms with Gasteiger partial charge in [0.15, 0.2) is 0 Å². The van der Waals surface area contributed by atoms with Crippen molar-refractivity contribution < 1.29 is 14.5 Å². The number of halogens is 2. The second-order valence-corrected chi connectivity index (χ2v) is 10.6. The van der Waals surface area contributed by atoms with Crippen LogP contribution in [-0.2, 0) is 11.4 Å². The fraction of sp³-hybridized carbons (Fsp3) is 0.222. The molecule has 0 bridgehead atoms. The predicted molar refractivity (Wildman–Crippen MR) is 112 cm³/mol. The molecule has 0 aliphatic rings. The highest BCUT2D eigenvalue weighted by molar-refractivity contribution is 9.10. The van der Waals surface area contributed by atoms with E-state index < -0.39 is 22.1 Å². The lowest BCUT2D eigenvalue weighted by Gasteiger charge is -2.18. The van der Waals surface area contributed by atoms with E-state index >= 15 is 0 Å². The highest BCUT2D eigenvalue weighted by atomic mass is 79.9. The van der Waals surface area contributed by atoms with Gasteiger partial charge in [-0.15, -0.1) is 0 Å². The Kier molecular flexibility index (Phi) is 7.21. The number of carboxylic acid groups (broad SMARTS) is 1. The van der Waals surface area contributed by atoms with Crippen molar-refractivity contribution in [2.45, 2.75) is 35.3 Å². The van der Waals surface area contributed by atoms with E-state index in [0.717, 1.165) is 4.47 Å². The smallest absolute Gasteiger partial charge is 0.336 e. The van der Waals surface area contributed by atoms with E-state index in [2.05, 4.69) is 20.3 Å². The SMILES string of the molecule is CC(C)(C)[S+]([O-])/N=C/c1cccc(Cl)c1Sc1cc(Br)ccc1C(=O)O. The highest BCUT2D eigenvalue weighted by Gasteiger charge is 2.26. The van der Waals surface area contributed by atoms with E-state index in [1.54, 1.807) is 30.3 Å². The summed E-state index contributed by atoms with van der Waals surface area (Å²) in [6, 6.07) is 10.2. The van der Waals surface area contributed by atoms with Gasteiger partial charge >= 0.3 is 5.97 Å². The zero-order valence-electron chi connectivity index (χ0n) is 14.3. The predicted octanol–water partition coefficient (Wildman–Crippen LogP) is 5.83. The summed E-state index contributed by atoms with van der Waals surface area (Å²) < 4.78 is 16.6. The lowest BCUT2D eigenvalue weighted by atomic mass is 10.2. The zero-order valence-corrected chi connectivity index (χ0v) is 18.3. The molecule has 0 amide bonds. The van der Waals surface area contributed by atoms with Crippen molar-refractivity contribution in [1.29, 1.82) is 0 Å². The Labute approximate surface area is 173 Å². The van der Waals surface area contributed by atoms with Gasteiger partial charge in [0.2, 0.25) is 0 Å². The first-order valence-electron chi connectivity index (χ1n) is 7.55. The molecule has 1 atom stereocenters. The summed E-state index contributed by atoms with van der Waals surface area (Å²) >= 11 is 9.54. The number of hydrogen-bond acceptors (Lipinski definition) is 4. The Bertz CT molecular complexity index is 853. The van der Waals surface area contributed by atoms with Gasteiger partial charge in [0.25, 0.3) is 0 Å². The number of carboxylic acids is 1.